The summed E-state index contributed by atoms with van der Waals surface area (Å²) in [6.07, 6.45) is 7.42. The van der Waals surface area contributed by atoms with Gasteiger partial charge < -0.3 is 5.32 Å². The molecule has 1 rings (SSSR count). The van der Waals surface area contributed by atoms with Crippen LogP contribution in [-0.4, -0.2) is 10.9 Å². The zero-order chi connectivity index (χ0) is 10.4. The third kappa shape index (κ3) is 3.19. The normalized spacial score (nSPS) is 9.14. The van der Waals surface area contributed by atoms with Gasteiger partial charge in [-0.15, -0.1) is 12.3 Å². The maximum absolute atomic E-state index is 11.3. The van der Waals surface area contributed by atoms with E-state index in [9.17, 15) is 4.79 Å². The highest BCUT2D eigenvalue weighted by molar-refractivity contribution is 9.10. The van der Waals surface area contributed by atoms with Crippen molar-refractivity contribution in [2.45, 2.75) is 12.8 Å². The van der Waals surface area contributed by atoms with E-state index in [1.165, 1.54) is 0 Å². The zero-order valence-electron chi connectivity index (χ0n) is 7.46. The van der Waals surface area contributed by atoms with Crippen LogP contribution in [0.1, 0.15) is 12.8 Å². The van der Waals surface area contributed by atoms with E-state index in [4.69, 9.17) is 6.42 Å². The lowest BCUT2D eigenvalue weighted by molar-refractivity contribution is -0.116. The van der Waals surface area contributed by atoms with E-state index in [1.807, 2.05) is 6.07 Å². The summed E-state index contributed by atoms with van der Waals surface area (Å²) >= 11 is 3.28. The molecule has 1 amide bonds. The van der Waals surface area contributed by atoms with E-state index >= 15 is 0 Å². The predicted octanol–water partition coefficient (Wildman–Crippen LogP) is 2.20. The fourth-order valence-corrected chi connectivity index (χ4v) is 1.21. The third-order valence-corrected chi connectivity index (χ3v) is 2.15. The third-order valence-electron chi connectivity index (χ3n) is 1.51. The quantitative estimate of drug-likeness (QED) is 0.839. The Bertz CT molecular complexity index is 371. The van der Waals surface area contributed by atoms with Crippen LogP contribution in [0.25, 0.3) is 0 Å². The first-order valence-electron chi connectivity index (χ1n) is 4.08. The average Bonchev–Trinajstić information content (AvgIpc) is 2.18. The zero-order valence-corrected chi connectivity index (χ0v) is 9.04. The lowest BCUT2D eigenvalue weighted by atomic mass is 10.3. The van der Waals surface area contributed by atoms with Crippen molar-refractivity contribution in [2.24, 2.45) is 0 Å². The molecule has 0 atom stereocenters. The van der Waals surface area contributed by atoms with Crippen molar-refractivity contribution in [3.05, 3.63) is 22.8 Å². The van der Waals surface area contributed by atoms with E-state index in [0.717, 1.165) is 4.47 Å². The summed E-state index contributed by atoms with van der Waals surface area (Å²) in [5.41, 5.74) is 0. The number of halogens is 1. The molecule has 14 heavy (non-hydrogen) atoms. The SMILES string of the molecule is C#CCCC(=O)Nc1ncccc1Br. The Labute approximate surface area is 91.1 Å². The molecule has 0 aliphatic rings. The molecule has 0 aliphatic heterocycles. The Hall–Kier alpha value is -1.34. The van der Waals surface area contributed by atoms with Gasteiger partial charge in [0.05, 0.1) is 4.47 Å². The number of carbonyl (C=O) groups is 1. The van der Waals surface area contributed by atoms with Gasteiger partial charge in [-0.2, -0.15) is 0 Å². The van der Waals surface area contributed by atoms with Crippen LogP contribution in [0, 0.1) is 12.3 Å². The minimum absolute atomic E-state index is 0.123. The number of carbonyl (C=O) groups excluding carboxylic acids is 1. The monoisotopic (exact) mass is 252 g/mol. The van der Waals surface area contributed by atoms with Gasteiger partial charge in [-0.25, -0.2) is 4.98 Å². The number of nitrogens with zero attached hydrogens (tertiary/aromatic N) is 1. The van der Waals surface area contributed by atoms with Crippen LogP contribution in [0.3, 0.4) is 0 Å². The van der Waals surface area contributed by atoms with Crippen molar-refractivity contribution in [1.29, 1.82) is 0 Å². The molecule has 4 heteroatoms. The molecule has 1 heterocycles. The lowest BCUT2D eigenvalue weighted by Gasteiger charge is -2.04. The number of hydrogen-bond acceptors (Lipinski definition) is 2. The molecular weight excluding hydrogens is 244 g/mol. The van der Waals surface area contributed by atoms with Crippen LogP contribution in [0.5, 0.6) is 0 Å². The van der Waals surface area contributed by atoms with E-state index < -0.39 is 0 Å². The first-order valence-corrected chi connectivity index (χ1v) is 4.87. The van der Waals surface area contributed by atoms with Gasteiger partial charge in [-0.05, 0) is 28.1 Å². The summed E-state index contributed by atoms with van der Waals surface area (Å²) in [7, 11) is 0. The number of hydrogen-bond donors (Lipinski definition) is 1. The number of rotatable bonds is 3. The summed E-state index contributed by atoms with van der Waals surface area (Å²) in [4.78, 5) is 15.3. The van der Waals surface area contributed by atoms with Crippen molar-refractivity contribution in [3.8, 4) is 12.3 Å². The molecule has 0 bridgehead atoms. The summed E-state index contributed by atoms with van der Waals surface area (Å²) in [6, 6.07) is 3.59. The van der Waals surface area contributed by atoms with Crippen molar-refractivity contribution < 1.29 is 4.79 Å². The maximum Gasteiger partial charge on any atom is 0.226 e. The second-order valence-corrected chi connectivity index (χ2v) is 3.44. The van der Waals surface area contributed by atoms with E-state index in [1.54, 1.807) is 12.3 Å². The molecule has 0 aromatic carbocycles. The van der Waals surface area contributed by atoms with Crippen LogP contribution in [0.15, 0.2) is 22.8 Å². The minimum atomic E-state index is -0.123. The van der Waals surface area contributed by atoms with Crippen molar-refractivity contribution in [2.75, 3.05) is 5.32 Å². The van der Waals surface area contributed by atoms with Gasteiger partial charge >= 0.3 is 0 Å². The Morgan fingerprint density at radius 1 is 1.71 bits per heavy atom. The molecule has 0 unspecified atom stereocenters. The first-order chi connectivity index (χ1) is 6.74. The van der Waals surface area contributed by atoms with Gasteiger partial charge in [0.2, 0.25) is 5.91 Å². The maximum atomic E-state index is 11.3. The van der Waals surface area contributed by atoms with Gasteiger partial charge in [-0.3, -0.25) is 4.79 Å². The smallest absolute Gasteiger partial charge is 0.226 e. The minimum Gasteiger partial charge on any atom is -0.310 e. The Morgan fingerprint density at radius 2 is 2.50 bits per heavy atom. The second kappa shape index (κ2) is 5.40. The van der Waals surface area contributed by atoms with Gasteiger partial charge in [0.1, 0.15) is 5.82 Å². The fourth-order valence-electron chi connectivity index (χ4n) is 0.858. The second-order valence-electron chi connectivity index (χ2n) is 2.59. The Kier molecular flexibility index (Phi) is 4.14. The van der Waals surface area contributed by atoms with Crippen LogP contribution < -0.4 is 5.32 Å². The fraction of sp³-hybridized carbons (Fsp3) is 0.200. The number of amides is 1. The van der Waals surface area contributed by atoms with E-state index in [0.29, 0.717) is 18.7 Å². The highest BCUT2D eigenvalue weighted by atomic mass is 79.9. The van der Waals surface area contributed by atoms with E-state index in [2.05, 4.69) is 32.2 Å². The van der Waals surface area contributed by atoms with Gasteiger partial charge in [0.15, 0.2) is 0 Å². The topological polar surface area (TPSA) is 42.0 Å². The van der Waals surface area contributed by atoms with Crippen LogP contribution >= 0.6 is 15.9 Å². The molecule has 0 spiro atoms. The summed E-state index contributed by atoms with van der Waals surface area (Å²) < 4.78 is 0.758. The molecule has 1 aromatic rings. The largest absolute Gasteiger partial charge is 0.310 e. The molecule has 3 nitrogen and oxygen atoms in total. The van der Waals surface area contributed by atoms with Crippen LogP contribution in [-0.2, 0) is 4.79 Å². The number of anilines is 1. The highest BCUT2D eigenvalue weighted by Gasteiger charge is 2.04. The molecule has 0 aliphatic carbocycles. The number of nitrogens with one attached hydrogen (secondary N) is 1. The Balaban J connectivity index is 2.57. The molecule has 0 radical (unpaired) electrons. The predicted molar refractivity (Wildman–Crippen MR) is 58.6 cm³/mol. The van der Waals surface area contributed by atoms with E-state index in [-0.39, 0.29) is 5.91 Å². The average molecular weight is 253 g/mol. The van der Waals surface area contributed by atoms with Crippen molar-refractivity contribution in [1.82, 2.24) is 4.98 Å². The number of aromatic nitrogens is 1. The van der Waals surface area contributed by atoms with Gasteiger partial charge in [0.25, 0.3) is 0 Å². The molecule has 0 saturated carbocycles. The van der Waals surface area contributed by atoms with Gasteiger partial charge in [-0.1, -0.05) is 0 Å². The molecule has 1 N–H and O–H groups in total. The number of terminal acetylenes is 1. The summed E-state index contributed by atoms with van der Waals surface area (Å²) in [6.45, 7) is 0. The standard InChI is InChI=1S/C10H9BrN2O/c1-2-3-6-9(14)13-10-8(11)5-4-7-12-10/h1,4-5,7H,3,6H2,(H,12,13,14). The van der Waals surface area contributed by atoms with Crippen LogP contribution in [0.4, 0.5) is 5.82 Å². The van der Waals surface area contributed by atoms with Crippen molar-refractivity contribution in [3.63, 3.8) is 0 Å². The molecule has 0 fully saturated rings. The number of pyridine rings is 1. The van der Waals surface area contributed by atoms with Gasteiger partial charge in [0, 0.05) is 19.0 Å². The summed E-state index contributed by atoms with van der Waals surface area (Å²) in [5, 5.41) is 2.65. The first kappa shape index (κ1) is 10.7. The molecule has 72 valence electrons. The van der Waals surface area contributed by atoms with Crippen molar-refractivity contribution >= 4 is 27.7 Å². The van der Waals surface area contributed by atoms with Crippen LogP contribution in [0.2, 0.25) is 0 Å². The molecule has 1 aromatic heterocycles. The lowest BCUT2D eigenvalue weighted by Crippen LogP contribution is -2.12. The highest BCUT2D eigenvalue weighted by Crippen LogP contribution is 2.18. The Morgan fingerprint density at radius 3 is 3.14 bits per heavy atom. The summed E-state index contributed by atoms with van der Waals surface area (Å²) in [5.74, 6) is 2.81. The molecular formula is C10H9BrN2O. The molecule has 0 saturated heterocycles.